The second kappa shape index (κ2) is 19.0. The maximum absolute atomic E-state index is 11.9. The number of nitrogen functional groups attached to an aromatic ring is 2. The predicted molar refractivity (Wildman–Crippen MR) is 206 cm³/mol. The zero-order chi connectivity index (χ0) is 37.4. The van der Waals surface area contributed by atoms with Crippen LogP contribution in [0.3, 0.4) is 0 Å². The fraction of sp³-hybridized carbons (Fsp3) is 0.237. The average Bonchev–Trinajstić information content (AvgIpc) is 3.06. The number of amides is 1. The molecule has 0 aromatic heterocycles. The van der Waals surface area contributed by atoms with Crippen LogP contribution in [-0.4, -0.2) is 83.2 Å². The lowest BCUT2D eigenvalue weighted by Gasteiger charge is -2.19. The van der Waals surface area contributed by atoms with Crippen LogP contribution in [0.5, 0.6) is 23.0 Å². The second-order valence-electron chi connectivity index (χ2n) is 12.2. The molecule has 0 unspecified atom stereocenters. The van der Waals surface area contributed by atoms with Gasteiger partial charge in [0, 0.05) is 64.2 Å². The molecule has 4 rings (SSSR count). The lowest BCUT2D eigenvalue weighted by atomic mass is 10.1. The molecule has 0 heterocycles. The number of carbonyl (C=O) groups is 1. The second-order valence-corrected chi connectivity index (χ2v) is 12.2. The van der Waals surface area contributed by atoms with Crippen LogP contribution in [-0.2, 0) is 4.74 Å². The molecule has 9 N–H and O–H groups in total. The van der Waals surface area contributed by atoms with Gasteiger partial charge in [0.15, 0.2) is 0 Å². The van der Waals surface area contributed by atoms with Crippen molar-refractivity contribution in [3.63, 3.8) is 0 Å². The molecule has 4 aromatic carbocycles. The van der Waals surface area contributed by atoms with Gasteiger partial charge in [-0.1, -0.05) is 11.6 Å². The highest BCUT2D eigenvalue weighted by atomic mass is 16.6. The van der Waals surface area contributed by atoms with E-state index in [2.05, 4.69) is 25.3 Å². The Bertz CT molecular complexity index is 1840. The largest absolute Gasteiger partial charge is 0.507 e. The number of aryl methyl sites for hydroxylation is 1. The minimum absolute atomic E-state index is 0.0525. The summed E-state index contributed by atoms with van der Waals surface area (Å²) in [6, 6.07) is 19.6. The average molecular weight is 696 g/mol. The van der Waals surface area contributed by atoms with Crippen LogP contribution in [0.15, 0.2) is 92.8 Å². The number of aliphatic imine (C=N–C) groups is 4. The van der Waals surface area contributed by atoms with E-state index in [-0.39, 0.29) is 23.0 Å². The highest BCUT2D eigenvalue weighted by Gasteiger charge is 2.16. The van der Waals surface area contributed by atoms with Crippen LogP contribution >= 0.6 is 0 Å². The van der Waals surface area contributed by atoms with Gasteiger partial charge in [-0.15, -0.1) is 0 Å². The summed E-state index contributed by atoms with van der Waals surface area (Å²) in [4.78, 5) is 28.7. The van der Waals surface area contributed by atoms with Crippen molar-refractivity contribution in [2.45, 2.75) is 33.3 Å². The third-order valence-electron chi connectivity index (χ3n) is 6.60. The first-order valence-corrected chi connectivity index (χ1v) is 16.0. The van der Waals surface area contributed by atoms with Gasteiger partial charge >= 0.3 is 6.09 Å². The quantitative estimate of drug-likeness (QED) is 0.0420. The highest BCUT2D eigenvalue weighted by Crippen LogP contribution is 2.22. The van der Waals surface area contributed by atoms with Gasteiger partial charge in [-0.05, 0) is 94.4 Å². The Balaban J connectivity index is 0.000000286. The minimum atomic E-state index is -0.596. The molecule has 0 saturated heterocycles. The Morgan fingerprint density at radius 1 is 0.627 bits per heavy atom. The summed E-state index contributed by atoms with van der Waals surface area (Å²) in [7, 11) is 0. The van der Waals surface area contributed by atoms with Crippen LogP contribution in [0.2, 0.25) is 0 Å². The first kappa shape index (κ1) is 39.1. The van der Waals surface area contributed by atoms with Crippen LogP contribution in [0.1, 0.15) is 48.6 Å². The Hall–Kier alpha value is -6.37. The molecular formula is C38H45N7O6. The number of aromatic hydroxyl groups is 4. The van der Waals surface area contributed by atoms with E-state index >= 15 is 0 Å². The molecule has 51 heavy (non-hydrogen) atoms. The molecule has 0 aliphatic rings. The van der Waals surface area contributed by atoms with Gasteiger partial charge in [-0.3, -0.25) is 25.3 Å². The molecule has 0 saturated carbocycles. The van der Waals surface area contributed by atoms with Crippen LogP contribution in [0, 0.1) is 6.92 Å². The van der Waals surface area contributed by atoms with Crippen LogP contribution < -0.4 is 16.8 Å². The molecule has 0 radical (unpaired) electrons. The first-order chi connectivity index (χ1) is 24.2. The number of carbonyl (C=O) groups excluding carboxylic acids is 1. The standard InChI is InChI=1S/C22H27N3O4.C16H18N4O2/c1-15-5-7-19(26)16(11-15)13-23-9-10-24-14-17-12-18(6-8-20(17)27)25-21(28)29-22(2,3)4;17-13-1-3-15(21)11(7-13)9-19-5-6-20-10-12-8-14(18)2-4-16(12)22/h5-8,11-14,26-27H,9-10H2,1-4H3,(H,25,28);1-4,7-10,21-22H,5-6,17-18H2. The fourth-order valence-electron chi connectivity index (χ4n) is 4.17. The minimum Gasteiger partial charge on any atom is -0.507 e. The molecule has 1 amide bonds. The number of nitrogens with zero attached hydrogens (tertiary/aromatic N) is 4. The summed E-state index contributed by atoms with van der Waals surface area (Å²) in [6.07, 6.45) is 5.67. The van der Waals surface area contributed by atoms with E-state index in [1.807, 2.05) is 19.1 Å². The fourth-order valence-corrected chi connectivity index (χ4v) is 4.17. The number of ether oxygens (including phenoxy) is 1. The maximum Gasteiger partial charge on any atom is 0.412 e. The molecule has 0 atom stereocenters. The Kier molecular flexibility index (Phi) is 14.5. The van der Waals surface area contributed by atoms with Crippen molar-refractivity contribution < 1.29 is 30.0 Å². The molecule has 13 nitrogen and oxygen atoms in total. The van der Waals surface area contributed by atoms with E-state index in [0.717, 1.165) is 5.56 Å². The SMILES string of the molecule is Cc1ccc(O)c(C=NCCN=Cc2cc(NC(=O)OC(C)(C)C)ccc2O)c1.Nc1ccc(O)c(C=NCCN=Cc2cc(N)ccc2O)c1. The molecule has 0 fully saturated rings. The van der Waals surface area contributed by atoms with Gasteiger partial charge < -0.3 is 36.6 Å². The smallest absolute Gasteiger partial charge is 0.412 e. The summed E-state index contributed by atoms with van der Waals surface area (Å²) >= 11 is 0. The van der Waals surface area contributed by atoms with Crippen LogP contribution in [0.25, 0.3) is 0 Å². The topological polar surface area (TPSA) is 221 Å². The summed E-state index contributed by atoms with van der Waals surface area (Å²) in [5.41, 5.74) is 15.6. The van der Waals surface area contributed by atoms with Gasteiger partial charge in [-0.2, -0.15) is 0 Å². The van der Waals surface area contributed by atoms with Crippen LogP contribution in [0.4, 0.5) is 21.9 Å². The predicted octanol–water partition coefficient (Wildman–Crippen LogP) is 6.09. The van der Waals surface area contributed by atoms with Gasteiger partial charge in [0.05, 0.1) is 26.2 Å². The Labute approximate surface area is 297 Å². The molecule has 4 aromatic rings. The number of benzene rings is 4. The maximum atomic E-state index is 11.9. The monoisotopic (exact) mass is 695 g/mol. The molecule has 0 bridgehead atoms. The highest BCUT2D eigenvalue weighted by molar-refractivity contribution is 5.90. The van der Waals surface area contributed by atoms with E-state index < -0.39 is 11.7 Å². The van der Waals surface area contributed by atoms with Crippen molar-refractivity contribution >= 4 is 48.0 Å². The number of rotatable bonds is 11. The summed E-state index contributed by atoms with van der Waals surface area (Å²) in [6.45, 7) is 9.03. The van der Waals surface area contributed by atoms with E-state index in [9.17, 15) is 25.2 Å². The van der Waals surface area contributed by atoms with Gasteiger partial charge in [0.2, 0.25) is 0 Å². The first-order valence-electron chi connectivity index (χ1n) is 16.0. The van der Waals surface area contributed by atoms with Gasteiger partial charge in [0.1, 0.15) is 28.6 Å². The molecule has 0 spiro atoms. The normalized spacial score (nSPS) is 11.7. The molecular weight excluding hydrogens is 650 g/mol. The number of anilines is 3. The number of hydrogen-bond donors (Lipinski definition) is 7. The van der Waals surface area contributed by atoms with Gasteiger partial charge in [-0.25, -0.2) is 4.79 Å². The van der Waals surface area contributed by atoms with Crippen molar-refractivity contribution in [3.8, 4) is 23.0 Å². The summed E-state index contributed by atoms with van der Waals surface area (Å²) in [5.74, 6) is 0.496. The number of nitrogens with two attached hydrogens (primary N) is 2. The van der Waals surface area contributed by atoms with Crippen molar-refractivity contribution in [2.75, 3.05) is 43.0 Å². The lowest BCUT2D eigenvalue weighted by molar-refractivity contribution is 0.0636. The van der Waals surface area contributed by atoms with E-state index in [1.54, 1.807) is 81.9 Å². The molecule has 0 aliphatic heterocycles. The van der Waals surface area contributed by atoms with Gasteiger partial charge in [0.25, 0.3) is 0 Å². The molecule has 268 valence electrons. The number of hydrogen-bond acceptors (Lipinski definition) is 12. The van der Waals surface area contributed by atoms with E-state index in [4.69, 9.17) is 16.2 Å². The number of nitrogens with one attached hydrogen (secondary N) is 1. The Morgan fingerprint density at radius 3 is 1.43 bits per heavy atom. The van der Waals surface area contributed by atoms with Crippen molar-refractivity contribution in [1.82, 2.24) is 0 Å². The molecule has 13 heteroatoms. The summed E-state index contributed by atoms with van der Waals surface area (Å²) in [5, 5.41) is 41.6. The lowest BCUT2D eigenvalue weighted by Crippen LogP contribution is -2.27. The van der Waals surface area contributed by atoms with Crippen molar-refractivity contribution in [2.24, 2.45) is 20.0 Å². The number of phenolic OH excluding ortho intramolecular Hbond substituents is 4. The van der Waals surface area contributed by atoms with E-state index in [0.29, 0.717) is 65.5 Å². The third kappa shape index (κ3) is 14.3. The third-order valence-corrected chi connectivity index (χ3v) is 6.60. The summed E-state index contributed by atoms with van der Waals surface area (Å²) < 4.78 is 5.21. The number of phenols is 4. The van der Waals surface area contributed by atoms with Crippen molar-refractivity contribution in [1.29, 1.82) is 0 Å². The molecule has 0 aliphatic carbocycles. The van der Waals surface area contributed by atoms with E-state index in [1.165, 1.54) is 24.4 Å². The Morgan fingerprint density at radius 2 is 1.00 bits per heavy atom. The zero-order valence-corrected chi connectivity index (χ0v) is 29.1. The van der Waals surface area contributed by atoms with Crippen molar-refractivity contribution in [3.05, 3.63) is 101 Å². The zero-order valence-electron chi connectivity index (χ0n) is 29.1.